The van der Waals surface area contributed by atoms with E-state index in [4.69, 9.17) is 0 Å². The summed E-state index contributed by atoms with van der Waals surface area (Å²) in [7, 11) is 0. The highest BCUT2D eigenvalue weighted by Gasteiger charge is 2.20. The number of hydrogen-bond donors (Lipinski definition) is 0. The highest BCUT2D eigenvalue weighted by Crippen LogP contribution is 2.16. The zero-order valence-corrected chi connectivity index (χ0v) is 12.5. The Bertz CT molecular complexity index is 607. The molecule has 0 unspecified atom stereocenters. The minimum Gasteiger partial charge on any atom is -0.353 e. The monoisotopic (exact) mass is 284 g/mol. The molecule has 0 atom stereocenters. The van der Waals surface area contributed by atoms with Crippen LogP contribution in [0.2, 0.25) is 0 Å². The highest BCUT2D eigenvalue weighted by atomic mass is 15.3. The van der Waals surface area contributed by atoms with E-state index in [0.717, 1.165) is 55.8 Å². The van der Waals surface area contributed by atoms with Crippen LogP contribution in [0.25, 0.3) is 0 Å². The van der Waals surface area contributed by atoms with E-state index in [1.807, 2.05) is 19.2 Å². The van der Waals surface area contributed by atoms with Gasteiger partial charge in [0.2, 0.25) is 5.95 Å². The van der Waals surface area contributed by atoms with Crippen LogP contribution in [0.4, 0.5) is 11.8 Å². The van der Waals surface area contributed by atoms with Crippen LogP contribution in [0.15, 0.2) is 24.7 Å². The van der Waals surface area contributed by atoms with Gasteiger partial charge in [-0.2, -0.15) is 0 Å². The fourth-order valence-electron chi connectivity index (χ4n) is 2.48. The lowest BCUT2D eigenvalue weighted by Crippen LogP contribution is -2.47. The molecule has 0 saturated carbocycles. The lowest BCUT2D eigenvalue weighted by atomic mass is 10.3. The smallest absolute Gasteiger partial charge is 0.225 e. The van der Waals surface area contributed by atoms with Crippen LogP contribution in [-0.2, 0) is 6.42 Å². The molecule has 0 amide bonds. The van der Waals surface area contributed by atoms with Crippen LogP contribution < -0.4 is 9.80 Å². The minimum atomic E-state index is 0.826. The standard InChI is InChI=1S/C15H20N6/c1-3-13-10-14(18-11-17-13)20-6-8-21(9-7-20)15-16-5-4-12(2)19-15/h4-5,10-11H,3,6-9H2,1-2H3. The molecule has 0 N–H and O–H groups in total. The zero-order valence-electron chi connectivity index (χ0n) is 12.5. The highest BCUT2D eigenvalue weighted by molar-refractivity contribution is 5.42. The molecule has 21 heavy (non-hydrogen) atoms. The van der Waals surface area contributed by atoms with Gasteiger partial charge in [-0.05, 0) is 19.4 Å². The van der Waals surface area contributed by atoms with Crippen molar-refractivity contribution in [2.45, 2.75) is 20.3 Å². The second-order valence-electron chi connectivity index (χ2n) is 5.19. The molecule has 0 aromatic carbocycles. The molecule has 6 nitrogen and oxygen atoms in total. The SMILES string of the molecule is CCc1cc(N2CCN(c3nccc(C)n3)CC2)ncn1. The molecule has 1 aliphatic rings. The van der Waals surface area contributed by atoms with Crippen molar-refractivity contribution >= 4 is 11.8 Å². The molecule has 0 spiro atoms. The van der Waals surface area contributed by atoms with Gasteiger partial charge in [0.05, 0.1) is 0 Å². The van der Waals surface area contributed by atoms with Crippen molar-refractivity contribution in [2.75, 3.05) is 36.0 Å². The fraction of sp³-hybridized carbons (Fsp3) is 0.467. The van der Waals surface area contributed by atoms with Crippen LogP contribution in [0, 0.1) is 6.92 Å². The molecule has 0 bridgehead atoms. The largest absolute Gasteiger partial charge is 0.353 e. The zero-order chi connectivity index (χ0) is 14.7. The van der Waals surface area contributed by atoms with Crippen molar-refractivity contribution in [3.05, 3.63) is 36.0 Å². The summed E-state index contributed by atoms with van der Waals surface area (Å²) in [5.74, 6) is 1.85. The molecule has 1 aliphatic heterocycles. The first kappa shape index (κ1) is 13.7. The van der Waals surface area contributed by atoms with E-state index < -0.39 is 0 Å². The second-order valence-corrected chi connectivity index (χ2v) is 5.19. The third-order valence-electron chi connectivity index (χ3n) is 3.74. The molecule has 2 aromatic heterocycles. The molecule has 2 aromatic rings. The van der Waals surface area contributed by atoms with Crippen molar-refractivity contribution < 1.29 is 0 Å². The van der Waals surface area contributed by atoms with Gasteiger partial charge in [0.25, 0.3) is 0 Å². The Hall–Kier alpha value is -2.24. The van der Waals surface area contributed by atoms with Gasteiger partial charge in [0.15, 0.2) is 0 Å². The quantitative estimate of drug-likeness (QED) is 0.850. The van der Waals surface area contributed by atoms with E-state index in [1.54, 1.807) is 6.33 Å². The summed E-state index contributed by atoms with van der Waals surface area (Å²) in [5, 5.41) is 0. The minimum absolute atomic E-state index is 0.826. The Kier molecular flexibility index (Phi) is 3.94. The molecule has 1 fully saturated rings. The predicted octanol–water partition coefficient (Wildman–Crippen LogP) is 1.46. The Morgan fingerprint density at radius 2 is 1.81 bits per heavy atom. The topological polar surface area (TPSA) is 58.0 Å². The van der Waals surface area contributed by atoms with Crippen LogP contribution in [0.1, 0.15) is 18.3 Å². The second kappa shape index (κ2) is 6.03. The van der Waals surface area contributed by atoms with Gasteiger partial charge in [0, 0.05) is 49.8 Å². The van der Waals surface area contributed by atoms with Gasteiger partial charge in [-0.15, -0.1) is 0 Å². The third-order valence-corrected chi connectivity index (χ3v) is 3.74. The molecule has 1 saturated heterocycles. The summed E-state index contributed by atoms with van der Waals surface area (Å²) in [4.78, 5) is 22.0. The van der Waals surface area contributed by atoms with Crippen LogP contribution in [-0.4, -0.2) is 46.1 Å². The van der Waals surface area contributed by atoms with E-state index in [-0.39, 0.29) is 0 Å². The third kappa shape index (κ3) is 3.09. The maximum absolute atomic E-state index is 4.49. The molecule has 110 valence electrons. The van der Waals surface area contributed by atoms with E-state index in [0.29, 0.717) is 0 Å². The number of hydrogen-bond acceptors (Lipinski definition) is 6. The molecule has 3 heterocycles. The van der Waals surface area contributed by atoms with Crippen molar-refractivity contribution in [1.82, 2.24) is 19.9 Å². The first-order valence-electron chi connectivity index (χ1n) is 7.36. The Morgan fingerprint density at radius 1 is 1.05 bits per heavy atom. The summed E-state index contributed by atoms with van der Waals surface area (Å²) in [6.07, 6.45) is 4.42. The molecular formula is C15H20N6. The van der Waals surface area contributed by atoms with Crippen LogP contribution >= 0.6 is 0 Å². The first-order valence-corrected chi connectivity index (χ1v) is 7.36. The lowest BCUT2D eigenvalue weighted by Gasteiger charge is -2.35. The van der Waals surface area contributed by atoms with Crippen molar-refractivity contribution in [1.29, 1.82) is 0 Å². The summed E-state index contributed by atoms with van der Waals surface area (Å²) in [6.45, 7) is 7.78. The van der Waals surface area contributed by atoms with E-state index in [2.05, 4.69) is 42.7 Å². The Balaban J connectivity index is 1.67. The lowest BCUT2D eigenvalue weighted by molar-refractivity contribution is 0.632. The van der Waals surface area contributed by atoms with Crippen LogP contribution in [0.5, 0.6) is 0 Å². The van der Waals surface area contributed by atoms with Crippen molar-refractivity contribution in [3.63, 3.8) is 0 Å². The average molecular weight is 284 g/mol. The molecule has 6 heteroatoms. The normalized spacial score (nSPS) is 15.3. The van der Waals surface area contributed by atoms with Gasteiger partial charge in [-0.3, -0.25) is 0 Å². The molecular weight excluding hydrogens is 264 g/mol. The maximum Gasteiger partial charge on any atom is 0.225 e. The van der Waals surface area contributed by atoms with E-state index in [9.17, 15) is 0 Å². The predicted molar refractivity (Wildman–Crippen MR) is 82.6 cm³/mol. The van der Waals surface area contributed by atoms with Gasteiger partial charge in [-0.25, -0.2) is 19.9 Å². The summed E-state index contributed by atoms with van der Waals surface area (Å²) in [6, 6.07) is 4.01. The van der Waals surface area contributed by atoms with Gasteiger partial charge < -0.3 is 9.80 Å². The number of piperazine rings is 1. The number of rotatable bonds is 3. The fourth-order valence-corrected chi connectivity index (χ4v) is 2.48. The first-order chi connectivity index (χ1) is 10.3. The Morgan fingerprint density at radius 3 is 2.52 bits per heavy atom. The number of aryl methyl sites for hydroxylation is 2. The van der Waals surface area contributed by atoms with Crippen molar-refractivity contribution in [3.8, 4) is 0 Å². The number of anilines is 2. The van der Waals surface area contributed by atoms with E-state index in [1.165, 1.54) is 0 Å². The van der Waals surface area contributed by atoms with Gasteiger partial charge in [0.1, 0.15) is 12.1 Å². The van der Waals surface area contributed by atoms with Gasteiger partial charge in [-0.1, -0.05) is 6.92 Å². The van der Waals surface area contributed by atoms with Crippen molar-refractivity contribution in [2.24, 2.45) is 0 Å². The number of nitrogens with zero attached hydrogens (tertiary/aromatic N) is 6. The molecule has 0 aliphatic carbocycles. The number of aromatic nitrogens is 4. The summed E-state index contributed by atoms with van der Waals surface area (Å²) in [5.41, 5.74) is 2.09. The maximum atomic E-state index is 4.49. The Labute approximate surface area is 124 Å². The van der Waals surface area contributed by atoms with Crippen LogP contribution in [0.3, 0.4) is 0 Å². The molecule has 3 rings (SSSR count). The average Bonchev–Trinajstić information content (AvgIpc) is 2.55. The summed E-state index contributed by atoms with van der Waals surface area (Å²) < 4.78 is 0. The molecule has 0 radical (unpaired) electrons. The van der Waals surface area contributed by atoms with E-state index >= 15 is 0 Å². The summed E-state index contributed by atoms with van der Waals surface area (Å²) >= 11 is 0. The van der Waals surface area contributed by atoms with Gasteiger partial charge >= 0.3 is 0 Å².